The third-order valence-corrected chi connectivity index (χ3v) is 6.18. The minimum absolute atomic E-state index is 0.0370. The zero-order valence-electron chi connectivity index (χ0n) is 17.5. The van der Waals surface area contributed by atoms with Crippen LogP contribution in [0.25, 0.3) is 0 Å². The van der Waals surface area contributed by atoms with Gasteiger partial charge in [-0.1, -0.05) is 18.2 Å². The Morgan fingerprint density at radius 2 is 1.69 bits per heavy atom. The summed E-state index contributed by atoms with van der Waals surface area (Å²) in [7, 11) is 0. The van der Waals surface area contributed by atoms with Gasteiger partial charge in [-0.15, -0.1) is 0 Å². The number of carbonyl (C=O) groups excluding carboxylic acids is 1. The Hall–Kier alpha value is -2.49. The van der Waals surface area contributed by atoms with E-state index in [-0.39, 0.29) is 18.6 Å². The maximum absolute atomic E-state index is 12.4. The van der Waals surface area contributed by atoms with Crippen LogP contribution in [0.5, 0.6) is 5.75 Å². The Balaban J connectivity index is 1.28. The van der Waals surface area contributed by atoms with Crippen LogP contribution < -0.4 is 15.0 Å². The number of nitrogens with one attached hydrogen (secondary N) is 1. The van der Waals surface area contributed by atoms with Gasteiger partial charge in [-0.25, -0.2) is 0 Å². The first-order valence-corrected chi connectivity index (χ1v) is 11.1. The van der Waals surface area contributed by atoms with Crippen LogP contribution in [0.15, 0.2) is 42.5 Å². The lowest BCUT2D eigenvalue weighted by Crippen LogP contribution is -2.31. The molecule has 0 saturated carbocycles. The van der Waals surface area contributed by atoms with Gasteiger partial charge in [0.1, 0.15) is 5.75 Å². The van der Waals surface area contributed by atoms with Gasteiger partial charge in [0.2, 0.25) is 0 Å². The first-order valence-electron chi connectivity index (χ1n) is 11.1. The molecule has 4 heteroatoms. The van der Waals surface area contributed by atoms with Gasteiger partial charge < -0.3 is 15.0 Å². The van der Waals surface area contributed by atoms with Crippen molar-refractivity contribution in [1.29, 1.82) is 0 Å². The zero-order valence-corrected chi connectivity index (χ0v) is 17.5. The predicted octanol–water partition coefficient (Wildman–Crippen LogP) is 4.81. The third-order valence-electron chi connectivity index (χ3n) is 6.18. The second kappa shape index (κ2) is 9.34. The van der Waals surface area contributed by atoms with Crippen LogP contribution in [0.1, 0.15) is 61.8 Å². The number of rotatable bonds is 6. The van der Waals surface area contributed by atoms with E-state index >= 15 is 0 Å². The van der Waals surface area contributed by atoms with Gasteiger partial charge >= 0.3 is 0 Å². The van der Waals surface area contributed by atoms with Gasteiger partial charge in [0.25, 0.3) is 5.91 Å². The number of carbonyl (C=O) groups is 1. The smallest absolute Gasteiger partial charge is 0.258 e. The summed E-state index contributed by atoms with van der Waals surface area (Å²) in [6.45, 7) is 4.36. The fraction of sp³-hybridized carbons (Fsp3) is 0.480. The molecule has 1 fully saturated rings. The molecule has 0 aromatic heterocycles. The number of nitrogens with zero attached hydrogens (tertiary/aromatic N) is 1. The quantitative estimate of drug-likeness (QED) is 0.767. The van der Waals surface area contributed by atoms with Crippen molar-refractivity contribution >= 4 is 11.6 Å². The molecule has 154 valence electrons. The highest BCUT2D eigenvalue weighted by Crippen LogP contribution is 2.25. The highest BCUT2D eigenvalue weighted by atomic mass is 16.5. The molecule has 1 aliphatic heterocycles. The lowest BCUT2D eigenvalue weighted by molar-refractivity contribution is -0.123. The Kier molecular flexibility index (Phi) is 6.38. The molecule has 4 nitrogen and oxygen atoms in total. The van der Waals surface area contributed by atoms with E-state index in [2.05, 4.69) is 46.6 Å². The number of piperidine rings is 1. The molecule has 2 aliphatic rings. The van der Waals surface area contributed by atoms with Gasteiger partial charge in [0, 0.05) is 18.8 Å². The van der Waals surface area contributed by atoms with Crippen LogP contribution in [0.4, 0.5) is 5.69 Å². The molecule has 2 aromatic rings. The maximum Gasteiger partial charge on any atom is 0.258 e. The van der Waals surface area contributed by atoms with Crippen molar-refractivity contribution in [2.75, 3.05) is 24.6 Å². The molecule has 0 bridgehead atoms. The van der Waals surface area contributed by atoms with Gasteiger partial charge in [0.15, 0.2) is 6.61 Å². The fourth-order valence-electron chi connectivity index (χ4n) is 4.44. The van der Waals surface area contributed by atoms with Crippen molar-refractivity contribution in [2.24, 2.45) is 0 Å². The Bertz CT molecular complexity index is 825. The summed E-state index contributed by atoms with van der Waals surface area (Å²) in [4.78, 5) is 14.8. The number of aryl methyl sites for hydroxylation is 2. The van der Waals surface area contributed by atoms with Crippen LogP contribution in [0, 0.1) is 0 Å². The minimum Gasteiger partial charge on any atom is -0.484 e. The molecule has 2 aromatic carbocycles. The summed E-state index contributed by atoms with van der Waals surface area (Å²) >= 11 is 0. The molecule has 0 radical (unpaired) electrons. The molecule has 29 heavy (non-hydrogen) atoms. The molecule has 1 amide bonds. The third kappa shape index (κ3) is 5.11. The van der Waals surface area contributed by atoms with Crippen molar-refractivity contribution in [1.82, 2.24) is 5.32 Å². The first-order chi connectivity index (χ1) is 14.2. The van der Waals surface area contributed by atoms with E-state index in [4.69, 9.17) is 4.74 Å². The molecule has 0 unspecified atom stereocenters. The van der Waals surface area contributed by atoms with E-state index in [1.807, 2.05) is 13.0 Å². The lowest BCUT2D eigenvalue weighted by atomic mass is 9.92. The Morgan fingerprint density at radius 3 is 2.45 bits per heavy atom. The van der Waals surface area contributed by atoms with Crippen LogP contribution in [0.3, 0.4) is 0 Å². The van der Waals surface area contributed by atoms with Crippen LogP contribution in [-0.2, 0) is 17.6 Å². The number of benzene rings is 2. The predicted molar refractivity (Wildman–Crippen MR) is 118 cm³/mol. The van der Waals surface area contributed by atoms with E-state index in [1.54, 1.807) is 0 Å². The van der Waals surface area contributed by atoms with Crippen molar-refractivity contribution in [2.45, 2.75) is 57.9 Å². The fourth-order valence-corrected chi connectivity index (χ4v) is 4.44. The standard InChI is InChI=1S/C25H32N2O2/c1-19(20-9-12-23(13-10-20)27-15-5-2-6-16-27)26-25(28)18-29-24-14-11-21-7-3-4-8-22(21)17-24/h9-14,17,19H,2-8,15-16,18H2,1H3,(H,26,28)/t19-/m1/s1. The summed E-state index contributed by atoms with van der Waals surface area (Å²) in [6, 6.07) is 14.8. The van der Waals surface area contributed by atoms with Gasteiger partial charge in [-0.05, 0) is 92.8 Å². The molecule has 4 rings (SSSR count). The normalized spacial score (nSPS) is 17.3. The molecular formula is C25H32N2O2. The molecule has 1 saturated heterocycles. The molecule has 0 spiro atoms. The average molecular weight is 393 g/mol. The van der Waals surface area contributed by atoms with Gasteiger partial charge in [-0.3, -0.25) is 4.79 Å². The minimum atomic E-state index is -0.0877. The highest BCUT2D eigenvalue weighted by Gasteiger charge is 2.14. The van der Waals surface area contributed by atoms with Crippen molar-refractivity contribution in [3.05, 3.63) is 59.2 Å². The number of anilines is 1. The summed E-state index contributed by atoms with van der Waals surface area (Å²) in [6.07, 6.45) is 8.67. The Morgan fingerprint density at radius 1 is 0.966 bits per heavy atom. The molecular weight excluding hydrogens is 360 g/mol. The van der Waals surface area contributed by atoms with E-state index < -0.39 is 0 Å². The van der Waals surface area contributed by atoms with Crippen molar-refractivity contribution in [3.8, 4) is 5.75 Å². The number of hydrogen-bond donors (Lipinski definition) is 1. The first kappa shape index (κ1) is 19.8. The van der Waals surface area contributed by atoms with E-state index in [9.17, 15) is 4.79 Å². The largest absolute Gasteiger partial charge is 0.484 e. The van der Waals surface area contributed by atoms with Gasteiger partial charge in [0.05, 0.1) is 6.04 Å². The second-order valence-corrected chi connectivity index (χ2v) is 8.35. The lowest BCUT2D eigenvalue weighted by Gasteiger charge is -2.29. The second-order valence-electron chi connectivity index (χ2n) is 8.35. The van der Waals surface area contributed by atoms with Crippen molar-refractivity contribution in [3.63, 3.8) is 0 Å². The molecule has 1 N–H and O–H groups in total. The van der Waals surface area contributed by atoms with Crippen LogP contribution in [0.2, 0.25) is 0 Å². The number of fused-ring (bicyclic) bond motifs is 1. The van der Waals surface area contributed by atoms with E-state index in [1.165, 1.54) is 48.9 Å². The van der Waals surface area contributed by atoms with Gasteiger partial charge in [-0.2, -0.15) is 0 Å². The van der Waals surface area contributed by atoms with E-state index in [0.717, 1.165) is 37.2 Å². The monoisotopic (exact) mass is 392 g/mol. The number of hydrogen-bond acceptors (Lipinski definition) is 3. The zero-order chi connectivity index (χ0) is 20.1. The maximum atomic E-state index is 12.4. The average Bonchev–Trinajstić information content (AvgIpc) is 2.78. The highest BCUT2D eigenvalue weighted by molar-refractivity contribution is 5.78. The van der Waals surface area contributed by atoms with Crippen molar-refractivity contribution < 1.29 is 9.53 Å². The van der Waals surface area contributed by atoms with Crippen LogP contribution in [-0.4, -0.2) is 25.6 Å². The summed E-state index contributed by atoms with van der Waals surface area (Å²) in [5, 5.41) is 3.05. The number of amides is 1. The summed E-state index contributed by atoms with van der Waals surface area (Å²) in [5.74, 6) is 0.703. The Labute approximate surface area is 174 Å². The van der Waals surface area contributed by atoms with E-state index in [0.29, 0.717) is 0 Å². The molecule has 1 heterocycles. The topological polar surface area (TPSA) is 41.6 Å². The number of ether oxygens (including phenoxy) is 1. The summed E-state index contributed by atoms with van der Waals surface area (Å²) < 4.78 is 5.75. The molecule has 1 aliphatic carbocycles. The molecule has 1 atom stereocenters. The van der Waals surface area contributed by atoms with Crippen LogP contribution >= 0.6 is 0 Å². The SMILES string of the molecule is C[C@@H](NC(=O)COc1ccc2c(c1)CCCC2)c1ccc(N2CCCCC2)cc1. The summed E-state index contributed by atoms with van der Waals surface area (Å²) in [5.41, 5.74) is 5.20.